The number of benzene rings is 1. The smallest absolute Gasteiger partial charge is 0.120 e. The molecular weight excluding hydrogens is 255 g/mol. The first kappa shape index (κ1) is 13.0. The number of ether oxygens (including phenoxy) is 1. The summed E-state index contributed by atoms with van der Waals surface area (Å²) >= 11 is 12.8. The Labute approximate surface area is 113 Å². The summed E-state index contributed by atoms with van der Waals surface area (Å²) in [6.07, 6.45) is 6.37. The van der Waals surface area contributed by atoms with E-state index >= 15 is 0 Å². The number of hydrogen-bond acceptors (Lipinski definition) is 1. The molecule has 0 amide bonds. The number of rotatable bonds is 3. The Morgan fingerprint density at radius 2 is 1.94 bits per heavy atom. The predicted octanol–water partition coefficient (Wildman–Crippen LogP) is 5.21. The van der Waals surface area contributed by atoms with Crippen LogP contribution >= 0.6 is 23.2 Å². The Kier molecular flexibility index (Phi) is 4.58. The highest BCUT2D eigenvalue weighted by molar-refractivity contribution is 6.33. The number of hydrogen-bond donors (Lipinski definition) is 0. The van der Waals surface area contributed by atoms with Crippen molar-refractivity contribution in [2.75, 3.05) is 7.11 Å². The summed E-state index contributed by atoms with van der Waals surface area (Å²) in [7, 11) is 1.64. The van der Waals surface area contributed by atoms with Gasteiger partial charge in [0.25, 0.3) is 0 Å². The molecule has 0 aromatic heterocycles. The monoisotopic (exact) mass is 272 g/mol. The molecule has 1 aliphatic carbocycles. The zero-order valence-electron chi connectivity index (χ0n) is 10.1. The molecule has 1 aromatic carbocycles. The van der Waals surface area contributed by atoms with E-state index in [1.54, 1.807) is 7.11 Å². The van der Waals surface area contributed by atoms with Gasteiger partial charge in [-0.3, -0.25) is 0 Å². The molecule has 1 fully saturated rings. The molecule has 1 aromatic rings. The summed E-state index contributed by atoms with van der Waals surface area (Å²) < 4.78 is 5.15. The second kappa shape index (κ2) is 5.97. The van der Waals surface area contributed by atoms with Crippen molar-refractivity contribution < 1.29 is 4.74 Å². The van der Waals surface area contributed by atoms with Gasteiger partial charge in [0.1, 0.15) is 5.75 Å². The molecule has 0 bridgehead atoms. The zero-order chi connectivity index (χ0) is 12.3. The molecule has 0 spiro atoms. The lowest BCUT2D eigenvalue weighted by molar-refractivity contribution is 0.348. The minimum absolute atomic E-state index is 0.0358. The van der Waals surface area contributed by atoms with Gasteiger partial charge in [-0.15, -0.1) is 11.6 Å². The van der Waals surface area contributed by atoms with Gasteiger partial charge in [-0.2, -0.15) is 0 Å². The molecule has 1 aliphatic rings. The van der Waals surface area contributed by atoms with E-state index in [2.05, 4.69) is 0 Å². The predicted molar refractivity (Wildman–Crippen MR) is 73.2 cm³/mol. The van der Waals surface area contributed by atoms with Crippen LogP contribution in [-0.2, 0) is 0 Å². The molecule has 94 valence electrons. The van der Waals surface area contributed by atoms with Gasteiger partial charge in [0.2, 0.25) is 0 Å². The molecule has 1 saturated carbocycles. The van der Waals surface area contributed by atoms with E-state index in [1.807, 2.05) is 18.2 Å². The Morgan fingerprint density at radius 3 is 2.53 bits per heavy atom. The van der Waals surface area contributed by atoms with E-state index in [0.717, 1.165) is 16.3 Å². The lowest BCUT2D eigenvalue weighted by Gasteiger charge is -2.27. The molecule has 1 atom stereocenters. The molecule has 0 saturated heterocycles. The van der Waals surface area contributed by atoms with E-state index in [1.165, 1.54) is 32.1 Å². The maximum atomic E-state index is 6.56. The Balaban J connectivity index is 2.15. The van der Waals surface area contributed by atoms with Crippen LogP contribution in [0.5, 0.6) is 5.75 Å². The van der Waals surface area contributed by atoms with Crippen LogP contribution in [0, 0.1) is 5.92 Å². The highest BCUT2D eigenvalue weighted by Gasteiger charge is 2.24. The Bertz CT molecular complexity index is 372. The summed E-state index contributed by atoms with van der Waals surface area (Å²) in [5.74, 6) is 1.35. The maximum absolute atomic E-state index is 6.56. The molecule has 0 radical (unpaired) electrons. The van der Waals surface area contributed by atoms with Gasteiger partial charge in [0.05, 0.1) is 12.5 Å². The van der Waals surface area contributed by atoms with Gasteiger partial charge >= 0.3 is 0 Å². The third kappa shape index (κ3) is 3.08. The van der Waals surface area contributed by atoms with Crippen LogP contribution in [-0.4, -0.2) is 7.11 Å². The standard InChI is InChI=1S/C14H18Cl2O/c1-17-11-7-8-12(13(15)9-11)14(16)10-5-3-2-4-6-10/h7-10,14H,2-6H2,1H3. The minimum Gasteiger partial charge on any atom is -0.497 e. The summed E-state index contributed by atoms with van der Waals surface area (Å²) in [6, 6.07) is 5.77. The van der Waals surface area contributed by atoms with Gasteiger partial charge in [-0.1, -0.05) is 36.9 Å². The lowest BCUT2D eigenvalue weighted by atomic mass is 9.84. The third-order valence-corrected chi connectivity index (χ3v) is 4.49. The van der Waals surface area contributed by atoms with Crippen molar-refractivity contribution in [2.45, 2.75) is 37.5 Å². The van der Waals surface area contributed by atoms with Crippen LogP contribution in [0.25, 0.3) is 0 Å². The first-order valence-electron chi connectivity index (χ1n) is 6.20. The lowest BCUT2D eigenvalue weighted by Crippen LogP contribution is -2.12. The second-order valence-corrected chi connectivity index (χ2v) is 5.56. The summed E-state index contributed by atoms with van der Waals surface area (Å²) in [5.41, 5.74) is 1.04. The SMILES string of the molecule is COc1ccc(C(Cl)C2CCCCC2)c(Cl)c1. The van der Waals surface area contributed by atoms with E-state index in [0.29, 0.717) is 5.92 Å². The normalized spacial score (nSPS) is 19.0. The maximum Gasteiger partial charge on any atom is 0.120 e. The van der Waals surface area contributed by atoms with Crippen molar-refractivity contribution in [3.05, 3.63) is 28.8 Å². The molecular formula is C14H18Cl2O. The van der Waals surface area contributed by atoms with Crippen molar-refractivity contribution in [3.8, 4) is 5.75 Å². The Hall–Kier alpha value is -0.400. The van der Waals surface area contributed by atoms with Gasteiger partial charge in [-0.25, -0.2) is 0 Å². The number of alkyl halides is 1. The van der Waals surface area contributed by atoms with Gasteiger partial charge in [-0.05, 0) is 36.5 Å². The minimum atomic E-state index is 0.0358. The number of halogens is 2. The quantitative estimate of drug-likeness (QED) is 0.687. The topological polar surface area (TPSA) is 9.23 Å². The second-order valence-electron chi connectivity index (χ2n) is 4.69. The largest absolute Gasteiger partial charge is 0.497 e. The zero-order valence-corrected chi connectivity index (χ0v) is 11.6. The highest BCUT2D eigenvalue weighted by atomic mass is 35.5. The van der Waals surface area contributed by atoms with Crippen molar-refractivity contribution in [1.29, 1.82) is 0 Å². The van der Waals surface area contributed by atoms with Crippen LogP contribution in [0.1, 0.15) is 43.0 Å². The van der Waals surface area contributed by atoms with Gasteiger partial charge in [0.15, 0.2) is 0 Å². The fraction of sp³-hybridized carbons (Fsp3) is 0.571. The van der Waals surface area contributed by atoms with E-state index in [4.69, 9.17) is 27.9 Å². The van der Waals surface area contributed by atoms with Crippen molar-refractivity contribution in [2.24, 2.45) is 5.92 Å². The van der Waals surface area contributed by atoms with E-state index < -0.39 is 0 Å². The average molecular weight is 273 g/mol. The van der Waals surface area contributed by atoms with Crippen LogP contribution in [0.4, 0.5) is 0 Å². The Morgan fingerprint density at radius 1 is 1.24 bits per heavy atom. The first-order valence-corrected chi connectivity index (χ1v) is 7.01. The molecule has 0 aliphatic heterocycles. The van der Waals surface area contributed by atoms with Crippen LogP contribution in [0.3, 0.4) is 0 Å². The first-order chi connectivity index (χ1) is 8.22. The van der Waals surface area contributed by atoms with E-state index in [-0.39, 0.29) is 5.38 Å². The van der Waals surface area contributed by atoms with Gasteiger partial charge in [0, 0.05) is 5.02 Å². The number of methoxy groups -OCH3 is 1. The van der Waals surface area contributed by atoms with E-state index in [9.17, 15) is 0 Å². The molecule has 0 N–H and O–H groups in total. The fourth-order valence-electron chi connectivity index (χ4n) is 2.54. The summed E-state index contributed by atoms with van der Waals surface area (Å²) in [5, 5.41) is 0.753. The van der Waals surface area contributed by atoms with Crippen molar-refractivity contribution in [1.82, 2.24) is 0 Å². The molecule has 1 unspecified atom stereocenters. The molecule has 2 rings (SSSR count). The van der Waals surface area contributed by atoms with Crippen LogP contribution in [0.2, 0.25) is 5.02 Å². The molecule has 3 heteroatoms. The third-order valence-electron chi connectivity index (χ3n) is 3.57. The van der Waals surface area contributed by atoms with Crippen LogP contribution in [0.15, 0.2) is 18.2 Å². The molecule has 17 heavy (non-hydrogen) atoms. The van der Waals surface area contributed by atoms with Gasteiger partial charge < -0.3 is 4.74 Å². The fourth-order valence-corrected chi connectivity index (χ4v) is 3.33. The van der Waals surface area contributed by atoms with Crippen molar-refractivity contribution in [3.63, 3.8) is 0 Å². The average Bonchev–Trinajstić information content (AvgIpc) is 2.39. The van der Waals surface area contributed by atoms with Crippen LogP contribution < -0.4 is 4.74 Å². The summed E-state index contributed by atoms with van der Waals surface area (Å²) in [4.78, 5) is 0. The highest BCUT2D eigenvalue weighted by Crippen LogP contribution is 2.41. The summed E-state index contributed by atoms with van der Waals surface area (Å²) in [6.45, 7) is 0. The molecule has 1 nitrogen and oxygen atoms in total. The molecule has 0 heterocycles. The van der Waals surface area contributed by atoms with Crippen molar-refractivity contribution >= 4 is 23.2 Å².